The third-order valence-electron chi connectivity index (χ3n) is 5.20. The Kier molecular flexibility index (Phi) is 4.47. The zero-order valence-electron chi connectivity index (χ0n) is 15.1. The lowest BCUT2D eigenvalue weighted by atomic mass is 9.93. The van der Waals surface area contributed by atoms with Crippen LogP contribution in [-0.4, -0.2) is 28.4 Å². The van der Waals surface area contributed by atoms with Crippen LogP contribution >= 0.6 is 11.3 Å². The average molecular weight is 383 g/mol. The molecule has 0 bridgehead atoms. The third kappa shape index (κ3) is 3.35. The number of nitrogens with one attached hydrogen (secondary N) is 2. The molecular weight excluding hydrogens is 362 g/mol. The maximum Gasteiger partial charge on any atom is 0.344 e. The molecule has 1 aromatic heterocycles. The molecule has 0 radical (unpaired) electrons. The predicted octanol–water partition coefficient (Wildman–Crippen LogP) is 2.82. The van der Waals surface area contributed by atoms with E-state index in [0.29, 0.717) is 17.7 Å². The van der Waals surface area contributed by atoms with Gasteiger partial charge in [-0.1, -0.05) is 30.3 Å². The molecule has 1 aliphatic carbocycles. The molecule has 27 heavy (non-hydrogen) atoms. The normalized spacial score (nSPS) is 21.3. The monoisotopic (exact) mass is 383 g/mol. The molecule has 6 nitrogen and oxygen atoms in total. The first-order valence-electron chi connectivity index (χ1n) is 9.09. The van der Waals surface area contributed by atoms with Gasteiger partial charge in [0, 0.05) is 4.88 Å². The van der Waals surface area contributed by atoms with Crippen LogP contribution < -0.4 is 10.7 Å². The number of aryl methyl sites for hydroxylation is 3. The van der Waals surface area contributed by atoms with Crippen molar-refractivity contribution in [2.45, 2.75) is 44.6 Å². The quantitative estimate of drug-likeness (QED) is 0.780. The Hall–Kier alpha value is -2.67. The van der Waals surface area contributed by atoms with Gasteiger partial charge in [-0.25, -0.2) is 4.79 Å². The fraction of sp³-hybridized carbons (Fsp3) is 0.350. The number of nitrogens with zero attached hydrogens (tertiary/aromatic N) is 1. The standard InChI is InChI=1S/C20H21N3O3S/c1-20(11-10-13-6-3-2-4-7-13)18(25)23(19(26)21-20)22-17(24)16-12-14-8-5-9-15(14)27-16/h2-4,6-7,12H,5,8-11H2,1H3,(H,21,26)(H,22,24)/t20-/m0/s1. The number of amides is 4. The van der Waals surface area contributed by atoms with E-state index in [9.17, 15) is 14.4 Å². The molecule has 1 fully saturated rings. The molecule has 1 atom stereocenters. The van der Waals surface area contributed by atoms with Crippen molar-refractivity contribution in [3.8, 4) is 0 Å². The maximum atomic E-state index is 12.8. The first-order chi connectivity index (χ1) is 13.0. The summed E-state index contributed by atoms with van der Waals surface area (Å²) in [5, 5.41) is 3.54. The van der Waals surface area contributed by atoms with Crippen LogP contribution in [0.15, 0.2) is 36.4 Å². The van der Waals surface area contributed by atoms with Crippen LogP contribution in [0, 0.1) is 0 Å². The Balaban J connectivity index is 1.43. The number of urea groups is 1. The zero-order chi connectivity index (χ0) is 19.0. The van der Waals surface area contributed by atoms with Gasteiger partial charge in [0.2, 0.25) is 0 Å². The molecule has 2 aromatic rings. The molecule has 0 unspecified atom stereocenters. The van der Waals surface area contributed by atoms with Crippen molar-refractivity contribution in [2.24, 2.45) is 0 Å². The number of carbonyl (C=O) groups excluding carboxylic acids is 3. The van der Waals surface area contributed by atoms with E-state index in [2.05, 4.69) is 10.7 Å². The first-order valence-corrected chi connectivity index (χ1v) is 9.91. The number of carbonyl (C=O) groups is 3. The molecule has 0 saturated carbocycles. The van der Waals surface area contributed by atoms with E-state index in [0.717, 1.165) is 29.8 Å². The van der Waals surface area contributed by atoms with E-state index >= 15 is 0 Å². The lowest BCUT2D eigenvalue weighted by Gasteiger charge is -2.21. The zero-order valence-corrected chi connectivity index (χ0v) is 15.9. The summed E-state index contributed by atoms with van der Waals surface area (Å²) in [6, 6.07) is 11.1. The van der Waals surface area contributed by atoms with Gasteiger partial charge in [0.15, 0.2) is 0 Å². The van der Waals surface area contributed by atoms with Gasteiger partial charge in [0.05, 0.1) is 4.88 Å². The number of benzene rings is 1. The number of hydrogen-bond donors (Lipinski definition) is 2. The van der Waals surface area contributed by atoms with E-state index in [1.165, 1.54) is 21.8 Å². The summed E-state index contributed by atoms with van der Waals surface area (Å²) in [6.07, 6.45) is 4.22. The van der Waals surface area contributed by atoms with Crippen molar-refractivity contribution in [1.82, 2.24) is 15.8 Å². The lowest BCUT2D eigenvalue weighted by molar-refractivity contribution is -0.132. The van der Waals surface area contributed by atoms with Crippen LogP contribution in [0.5, 0.6) is 0 Å². The molecule has 4 amide bonds. The van der Waals surface area contributed by atoms with Gasteiger partial charge in [-0.15, -0.1) is 11.3 Å². The summed E-state index contributed by atoms with van der Waals surface area (Å²) >= 11 is 1.44. The van der Waals surface area contributed by atoms with Gasteiger partial charge in [-0.05, 0) is 56.2 Å². The van der Waals surface area contributed by atoms with Gasteiger partial charge < -0.3 is 5.32 Å². The largest absolute Gasteiger partial charge is 0.344 e. The molecule has 2 N–H and O–H groups in total. The van der Waals surface area contributed by atoms with E-state index in [1.54, 1.807) is 6.92 Å². The molecule has 2 aliphatic rings. The van der Waals surface area contributed by atoms with Crippen LogP contribution in [-0.2, 0) is 24.1 Å². The lowest BCUT2D eigenvalue weighted by Crippen LogP contribution is -2.48. The highest BCUT2D eigenvalue weighted by atomic mass is 32.1. The molecule has 1 saturated heterocycles. The second-order valence-corrected chi connectivity index (χ2v) is 8.38. The molecular formula is C20H21N3O3S. The van der Waals surface area contributed by atoms with Crippen LogP contribution in [0.4, 0.5) is 4.79 Å². The summed E-state index contributed by atoms with van der Waals surface area (Å²) in [4.78, 5) is 39.4. The second-order valence-electron chi connectivity index (χ2n) is 7.24. The minimum Gasteiger partial charge on any atom is -0.322 e. The molecule has 140 valence electrons. The van der Waals surface area contributed by atoms with E-state index in [4.69, 9.17) is 0 Å². The van der Waals surface area contributed by atoms with Crippen LogP contribution in [0.2, 0.25) is 0 Å². The number of hydrogen-bond acceptors (Lipinski definition) is 4. The fourth-order valence-corrected chi connectivity index (χ4v) is 4.74. The highest BCUT2D eigenvalue weighted by molar-refractivity contribution is 7.14. The highest BCUT2D eigenvalue weighted by Gasteiger charge is 2.48. The second kappa shape index (κ2) is 6.81. The molecule has 4 rings (SSSR count). The van der Waals surface area contributed by atoms with E-state index < -0.39 is 23.4 Å². The fourth-order valence-electron chi connectivity index (χ4n) is 3.59. The Morgan fingerprint density at radius 3 is 2.78 bits per heavy atom. The summed E-state index contributed by atoms with van der Waals surface area (Å²) in [7, 11) is 0. The SMILES string of the molecule is C[C@@]1(CCc2ccccc2)NC(=O)N(NC(=O)c2cc3c(s2)CCC3)C1=O. The van der Waals surface area contributed by atoms with Crippen LogP contribution in [0.1, 0.15) is 45.4 Å². The Labute approximate surface area is 161 Å². The highest BCUT2D eigenvalue weighted by Crippen LogP contribution is 2.31. The predicted molar refractivity (Wildman–Crippen MR) is 102 cm³/mol. The van der Waals surface area contributed by atoms with Crippen LogP contribution in [0.25, 0.3) is 0 Å². The molecule has 0 spiro atoms. The summed E-state index contributed by atoms with van der Waals surface area (Å²) in [6.45, 7) is 1.70. The minimum atomic E-state index is -1.03. The molecule has 1 aromatic carbocycles. The molecule has 1 aliphatic heterocycles. The van der Waals surface area contributed by atoms with Gasteiger partial charge in [0.1, 0.15) is 5.54 Å². The number of rotatable bonds is 5. The van der Waals surface area contributed by atoms with E-state index in [-0.39, 0.29) is 0 Å². The van der Waals surface area contributed by atoms with Crippen LogP contribution in [0.3, 0.4) is 0 Å². The summed E-state index contributed by atoms with van der Waals surface area (Å²) < 4.78 is 0. The topological polar surface area (TPSA) is 78.5 Å². The maximum absolute atomic E-state index is 12.8. The number of fused-ring (bicyclic) bond motifs is 1. The first kappa shape index (κ1) is 17.7. The van der Waals surface area contributed by atoms with Crippen molar-refractivity contribution >= 4 is 29.2 Å². The smallest absolute Gasteiger partial charge is 0.322 e. The number of imide groups is 1. The van der Waals surface area contributed by atoms with Crippen molar-refractivity contribution in [2.75, 3.05) is 0 Å². The number of thiophene rings is 1. The summed E-state index contributed by atoms with van der Waals surface area (Å²) in [5.74, 6) is -0.842. The Bertz CT molecular complexity index is 887. The summed E-state index contributed by atoms with van der Waals surface area (Å²) in [5.41, 5.74) is 3.75. The van der Waals surface area contributed by atoms with Crippen molar-refractivity contribution < 1.29 is 14.4 Å². The van der Waals surface area contributed by atoms with Gasteiger partial charge in [-0.3, -0.25) is 15.0 Å². The van der Waals surface area contributed by atoms with Gasteiger partial charge >= 0.3 is 6.03 Å². The van der Waals surface area contributed by atoms with Gasteiger partial charge in [0.25, 0.3) is 11.8 Å². The minimum absolute atomic E-state index is 0.412. The average Bonchev–Trinajstić information content (AvgIpc) is 3.31. The van der Waals surface area contributed by atoms with E-state index in [1.807, 2.05) is 36.4 Å². The molecule has 2 heterocycles. The molecule has 7 heteroatoms. The van der Waals surface area contributed by atoms with Crippen molar-refractivity contribution in [3.05, 3.63) is 57.3 Å². The number of hydrazine groups is 1. The third-order valence-corrected chi connectivity index (χ3v) is 6.44. The van der Waals surface area contributed by atoms with Gasteiger partial charge in [-0.2, -0.15) is 5.01 Å². The van der Waals surface area contributed by atoms with Crippen molar-refractivity contribution in [1.29, 1.82) is 0 Å². The van der Waals surface area contributed by atoms with Crippen molar-refractivity contribution in [3.63, 3.8) is 0 Å². The Morgan fingerprint density at radius 2 is 2.04 bits per heavy atom. The Morgan fingerprint density at radius 1 is 1.26 bits per heavy atom.